The van der Waals surface area contributed by atoms with Crippen molar-refractivity contribution in [2.24, 2.45) is 5.92 Å². The molecule has 0 bridgehead atoms. The molecule has 3 rings (SSSR count). The molecule has 0 saturated heterocycles. The molecule has 0 aliphatic heterocycles. The third kappa shape index (κ3) is 6.87. The van der Waals surface area contributed by atoms with Gasteiger partial charge < -0.3 is 9.73 Å². The van der Waals surface area contributed by atoms with Crippen LogP contribution in [0.1, 0.15) is 51.9 Å². The second-order valence-electron chi connectivity index (χ2n) is 7.84. The molecule has 154 valence electrons. The zero-order chi connectivity index (χ0) is 20.6. The summed E-state index contributed by atoms with van der Waals surface area (Å²) in [4.78, 5) is 17.5. The highest BCUT2D eigenvalue weighted by atomic mass is 32.1. The van der Waals surface area contributed by atoms with Gasteiger partial charge in [0.05, 0.1) is 6.54 Å². The fraction of sp³-hybridized carbons (Fsp3) is 0.375. The molecule has 2 heterocycles. The van der Waals surface area contributed by atoms with Crippen molar-refractivity contribution in [3.8, 4) is 0 Å². The molecule has 5 heteroatoms. The number of benzene rings is 1. The SMILES string of the molecule is Cc1ccc(CN(CCC(C)C)Cc2ccc(C(=O)NCc3ccccc3)o2)s1. The van der Waals surface area contributed by atoms with Gasteiger partial charge in [-0.25, -0.2) is 0 Å². The Morgan fingerprint density at radius 2 is 1.86 bits per heavy atom. The van der Waals surface area contributed by atoms with Crippen LogP contribution in [0.4, 0.5) is 0 Å². The van der Waals surface area contributed by atoms with Crippen LogP contribution in [-0.2, 0) is 19.6 Å². The Morgan fingerprint density at radius 3 is 2.55 bits per heavy atom. The van der Waals surface area contributed by atoms with Crippen LogP contribution < -0.4 is 5.32 Å². The van der Waals surface area contributed by atoms with Gasteiger partial charge in [0, 0.05) is 22.8 Å². The topological polar surface area (TPSA) is 45.5 Å². The van der Waals surface area contributed by atoms with Gasteiger partial charge in [0.15, 0.2) is 5.76 Å². The molecule has 29 heavy (non-hydrogen) atoms. The second-order valence-corrected chi connectivity index (χ2v) is 9.21. The Bertz CT molecular complexity index is 899. The number of nitrogens with zero attached hydrogens (tertiary/aromatic N) is 1. The second kappa shape index (κ2) is 10.4. The average molecular weight is 411 g/mol. The third-order valence-corrected chi connectivity index (χ3v) is 5.74. The van der Waals surface area contributed by atoms with E-state index in [2.05, 4.69) is 43.1 Å². The number of carbonyl (C=O) groups excluding carboxylic acids is 1. The summed E-state index contributed by atoms with van der Waals surface area (Å²) >= 11 is 1.84. The predicted octanol–water partition coefficient (Wildman–Crippen LogP) is 5.63. The van der Waals surface area contributed by atoms with Gasteiger partial charge in [-0.15, -0.1) is 11.3 Å². The first-order chi connectivity index (χ1) is 14.0. The number of hydrogen-bond acceptors (Lipinski definition) is 4. The summed E-state index contributed by atoms with van der Waals surface area (Å²) < 4.78 is 5.86. The first kappa shape index (κ1) is 21.3. The van der Waals surface area contributed by atoms with E-state index in [0.717, 1.165) is 30.8 Å². The van der Waals surface area contributed by atoms with Crippen molar-refractivity contribution < 1.29 is 9.21 Å². The molecule has 2 aromatic heterocycles. The van der Waals surface area contributed by atoms with E-state index in [-0.39, 0.29) is 5.91 Å². The minimum atomic E-state index is -0.178. The fourth-order valence-electron chi connectivity index (χ4n) is 3.12. The number of carbonyl (C=O) groups is 1. The summed E-state index contributed by atoms with van der Waals surface area (Å²) in [6.07, 6.45) is 1.13. The van der Waals surface area contributed by atoms with Crippen molar-refractivity contribution in [1.29, 1.82) is 0 Å². The summed E-state index contributed by atoms with van der Waals surface area (Å²) in [5, 5.41) is 2.92. The van der Waals surface area contributed by atoms with E-state index in [1.807, 2.05) is 47.7 Å². The molecule has 0 saturated carbocycles. The summed E-state index contributed by atoms with van der Waals surface area (Å²) in [5.74, 6) is 1.67. The van der Waals surface area contributed by atoms with Crippen LogP contribution in [0.2, 0.25) is 0 Å². The molecule has 0 fully saturated rings. The fourth-order valence-corrected chi connectivity index (χ4v) is 4.05. The Labute approximate surface area is 177 Å². The highest BCUT2D eigenvalue weighted by Gasteiger charge is 2.15. The molecule has 0 unspecified atom stereocenters. The molecule has 1 amide bonds. The molecule has 0 aliphatic rings. The number of amides is 1. The summed E-state index contributed by atoms with van der Waals surface area (Å²) in [6, 6.07) is 17.9. The van der Waals surface area contributed by atoms with E-state index in [1.165, 1.54) is 9.75 Å². The maximum atomic E-state index is 12.4. The minimum Gasteiger partial charge on any atom is -0.455 e. The lowest BCUT2D eigenvalue weighted by Crippen LogP contribution is -2.24. The van der Waals surface area contributed by atoms with Gasteiger partial charge in [-0.1, -0.05) is 44.2 Å². The average Bonchev–Trinajstić information content (AvgIpc) is 3.34. The van der Waals surface area contributed by atoms with Crippen molar-refractivity contribution >= 4 is 17.2 Å². The van der Waals surface area contributed by atoms with Crippen LogP contribution in [0.15, 0.2) is 59.0 Å². The van der Waals surface area contributed by atoms with E-state index in [9.17, 15) is 4.79 Å². The van der Waals surface area contributed by atoms with Gasteiger partial charge >= 0.3 is 0 Å². The van der Waals surface area contributed by atoms with Crippen LogP contribution >= 0.6 is 11.3 Å². The molecular formula is C24H30N2O2S. The number of aryl methyl sites for hydroxylation is 1. The maximum Gasteiger partial charge on any atom is 0.287 e. The number of rotatable bonds is 10. The maximum absolute atomic E-state index is 12.4. The number of nitrogens with one attached hydrogen (secondary N) is 1. The Morgan fingerprint density at radius 1 is 1.07 bits per heavy atom. The molecule has 0 aliphatic carbocycles. The number of hydrogen-bond donors (Lipinski definition) is 1. The normalized spacial score (nSPS) is 11.3. The van der Waals surface area contributed by atoms with E-state index < -0.39 is 0 Å². The molecule has 0 radical (unpaired) electrons. The van der Waals surface area contributed by atoms with E-state index in [1.54, 1.807) is 6.07 Å². The highest BCUT2D eigenvalue weighted by molar-refractivity contribution is 7.11. The summed E-state index contributed by atoms with van der Waals surface area (Å²) in [5.41, 5.74) is 1.07. The Balaban J connectivity index is 1.59. The van der Waals surface area contributed by atoms with Crippen LogP contribution in [0, 0.1) is 12.8 Å². The number of thiophene rings is 1. The standard InChI is InChI=1S/C24H30N2O2S/c1-18(2)13-14-26(17-22-11-9-19(3)29-22)16-21-10-12-23(28-21)24(27)25-15-20-7-5-4-6-8-20/h4-12,18H,13-17H2,1-3H3,(H,25,27). The summed E-state index contributed by atoms with van der Waals surface area (Å²) in [6.45, 7) is 9.74. The van der Waals surface area contributed by atoms with Gasteiger partial charge in [0.1, 0.15) is 5.76 Å². The monoisotopic (exact) mass is 410 g/mol. The van der Waals surface area contributed by atoms with Crippen LogP contribution in [-0.4, -0.2) is 17.4 Å². The van der Waals surface area contributed by atoms with Gasteiger partial charge in [-0.05, 0) is 55.6 Å². The lowest BCUT2D eigenvalue weighted by atomic mass is 10.1. The summed E-state index contributed by atoms with van der Waals surface area (Å²) in [7, 11) is 0. The van der Waals surface area contributed by atoms with Crippen LogP contribution in [0.5, 0.6) is 0 Å². The van der Waals surface area contributed by atoms with E-state index in [4.69, 9.17) is 4.42 Å². The Hall–Kier alpha value is -2.37. The molecule has 0 spiro atoms. The largest absolute Gasteiger partial charge is 0.455 e. The first-order valence-corrected chi connectivity index (χ1v) is 11.0. The predicted molar refractivity (Wildman–Crippen MR) is 119 cm³/mol. The quantitative estimate of drug-likeness (QED) is 0.471. The van der Waals surface area contributed by atoms with Crippen molar-refractivity contribution in [2.75, 3.05) is 6.54 Å². The lowest BCUT2D eigenvalue weighted by molar-refractivity contribution is 0.0919. The van der Waals surface area contributed by atoms with E-state index >= 15 is 0 Å². The first-order valence-electron chi connectivity index (χ1n) is 10.2. The number of furan rings is 1. The van der Waals surface area contributed by atoms with Gasteiger partial charge in [0.2, 0.25) is 0 Å². The smallest absolute Gasteiger partial charge is 0.287 e. The molecule has 4 nitrogen and oxygen atoms in total. The zero-order valence-corrected chi connectivity index (χ0v) is 18.3. The van der Waals surface area contributed by atoms with Crippen molar-refractivity contribution in [1.82, 2.24) is 10.2 Å². The highest BCUT2D eigenvalue weighted by Crippen LogP contribution is 2.20. The van der Waals surface area contributed by atoms with Gasteiger partial charge in [0.25, 0.3) is 5.91 Å². The van der Waals surface area contributed by atoms with Crippen LogP contribution in [0.3, 0.4) is 0 Å². The molecule has 1 aromatic carbocycles. The van der Waals surface area contributed by atoms with Crippen LogP contribution in [0.25, 0.3) is 0 Å². The minimum absolute atomic E-state index is 0.178. The lowest BCUT2D eigenvalue weighted by Gasteiger charge is -2.21. The molecule has 0 atom stereocenters. The van der Waals surface area contributed by atoms with Crippen molar-refractivity contribution in [2.45, 2.75) is 46.8 Å². The molecule has 1 N–H and O–H groups in total. The van der Waals surface area contributed by atoms with E-state index in [0.29, 0.717) is 24.8 Å². The Kier molecular flexibility index (Phi) is 7.67. The van der Waals surface area contributed by atoms with Gasteiger partial charge in [-0.3, -0.25) is 9.69 Å². The van der Waals surface area contributed by atoms with Crippen molar-refractivity contribution in [3.05, 3.63) is 81.4 Å². The zero-order valence-electron chi connectivity index (χ0n) is 17.5. The van der Waals surface area contributed by atoms with Crippen molar-refractivity contribution in [3.63, 3.8) is 0 Å². The van der Waals surface area contributed by atoms with Gasteiger partial charge in [-0.2, -0.15) is 0 Å². The third-order valence-electron chi connectivity index (χ3n) is 4.76. The molecular weight excluding hydrogens is 380 g/mol. The molecule has 3 aromatic rings.